The fourth-order valence-corrected chi connectivity index (χ4v) is 2.13. The largest absolute Gasteiger partial charge is 0.472 e. The SMILES string of the molecule is COCC(C)Oc1nc(C)cc(C)c1CNC1CC1. The molecule has 1 saturated carbocycles. The van der Waals surface area contributed by atoms with E-state index in [1.54, 1.807) is 7.11 Å². The molecule has 1 heterocycles. The van der Waals surface area contributed by atoms with Crippen LogP contribution in [-0.2, 0) is 11.3 Å². The second-order valence-electron chi connectivity index (χ2n) is 5.40. The first-order chi connectivity index (χ1) is 9.10. The molecule has 0 saturated heterocycles. The molecule has 1 N–H and O–H groups in total. The number of rotatable bonds is 7. The highest BCUT2D eigenvalue weighted by Crippen LogP contribution is 2.25. The first-order valence-corrected chi connectivity index (χ1v) is 6.96. The van der Waals surface area contributed by atoms with E-state index in [-0.39, 0.29) is 6.10 Å². The molecule has 0 radical (unpaired) electrons. The number of nitrogens with zero attached hydrogens (tertiary/aromatic N) is 1. The molecule has 0 spiro atoms. The molecule has 1 unspecified atom stereocenters. The normalized spacial score (nSPS) is 16.4. The van der Waals surface area contributed by atoms with Gasteiger partial charge in [-0.15, -0.1) is 0 Å². The first-order valence-electron chi connectivity index (χ1n) is 6.96. The number of aromatic nitrogens is 1. The Kier molecular flexibility index (Phi) is 4.77. The summed E-state index contributed by atoms with van der Waals surface area (Å²) in [5.74, 6) is 0.746. The van der Waals surface area contributed by atoms with Crippen molar-refractivity contribution in [2.45, 2.75) is 52.3 Å². The van der Waals surface area contributed by atoms with Crippen molar-refractivity contribution < 1.29 is 9.47 Å². The van der Waals surface area contributed by atoms with Gasteiger partial charge >= 0.3 is 0 Å². The topological polar surface area (TPSA) is 43.4 Å². The summed E-state index contributed by atoms with van der Waals surface area (Å²) in [6.07, 6.45) is 2.59. The second-order valence-corrected chi connectivity index (χ2v) is 5.40. The van der Waals surface area contributed by atoms with Gasteiger partial charge in [0, 0.05) is 31.0 Å². The van der Waals surface area contributed by atoms with E-state index in [1.165, 1.54) is 24.0 Å². The number of pyridine rings is 1. The molecule has 1 atom stereocenters. The van der Waals surface area contributed by atoms with Crippen molar-refractivity contribution in [1.82, 2.24) is 10.3 Å². The minimum Gasteiger partial charge on any atom is -0.472 e. The summed E-state index contributed by atoms with van der Waals surface area (Å²) in [5.41, 5.74) is 3.40. The van der Waals surface area contributed by atoms with E-state index in [9.17, 15) is 0 Å². The number of nitrogens with one attached hydrogen (secondary N) is 1. The quantitative estimate of drug-likeness (QED) is 0.821. The van der Waals surface area contributed by atoms with E-state index in [1.807, 2.05) is 13.8 Å². The Labute approximate surface area is 115 Å². The van der Waals surface area contributed by atoms with Gasteiger partial charge in [0.15, 0.2) is 0 Å². The minimum absolute atomic E-state index is 0.0124. The van der Waals surface area contributed by atoms with E-state index in [4.69, 9.17) is 9.47 Å². The smallest absolute Gasteiger partial charge is 0.218 e. The molecule has 1 fully saturated rings. The predicted molar refractivity (Wildman–Crippen MR) is 75.5 cm³/mol. The molecule has 0 aliphatic heterocycles. The Morgan fingerprint density at radius 2 is 2.16 bits per heavy atom. The van der Waals surface area contributed by atoms with Crippen molar-refractivity contribution in [3.8, 4) is 5.88 Å². The van der Waals surface area contributed by atoms with Crippen molar-refractivity contribution in [2.24, 2.45) is 0 Å². The molecule has 0 bridgehead atoms. The average Bonchev–Trinajstić information content (AvgIpc) is 3.11. The summed E-state index contributed by atoms with van der Waals surface area (Å²) in [6.45, 7) is 7.52. The minimum atomic E-state index is 0.0124. The van der Waals surface area contributed by atoms with E-state index < -0.39 is 0 Å². The summed E-state index contributed by atoms with van der Waals surface area (Å²) in [5, 5.41) is 3.53. The Balaban J connectivity index is 2.12. The zero-order valence-corrected chi connectivity index (χ0v) is 12.3. The number of hydrogen-bond donors (Lipinski definition) is 1. The van der Waals surface area contributed by atoms with Crippen LogP contribution in [0.4, 0.5) is 0 Å². The third-order valence-electron chi connectivity index (χ3n) is 3.30. The van der Waals surface area contributed by atoms with Crippen molar-refractivity contribution in [3.63, 3.8) is 0 Å². The molecule has 4 heteroatoms. The number of hydrogen-bond acceptors (Lipinski definition) is 4. The molecule has 2 rings (SSSR count). The number of ether oxygens (including phenoxy) is 2. The summed E-state index contributed by atoms with van der Waals surface area (Å²) >= 11 is 0. The van der Waals surface area contributed by atoms with Crippen LogP contribution in [0.5, 0.6) is 5.88 Å². The molecular weight excluding hydrogens is 240 g/mol. The summed E-state index contributed by atoms with van der Waals surface area (Å²) in [4.78, 5) is 4.54. The Morgan fingerprint density at radius 3 is 2.79 bits per heavy atom. The molecule has 19 heavy (non-hydrogen) atoms. The zero-order valence-electron chi connectivity index (χ0n) is 12.3. The van der Waals surface area contributed by atoms with Gasteiger partial charge in [0.1, 0.15) is 6.10 Å². The van der Waals surface area contributed by atoms with Crippen LogP contribution < -0.4 is 10.1 Å². The van der Waals surface area contributed by atoms with Gasteiger partial charge in [0.2, 0.25) is 5.88 Å². The van der Waals surface area contributed by atoms with Crippen LogP contribution in [0.1, 0.15) is 36.6 Å². The van der Waals surface area contributed by atoms with Crippen LogP contribution in [0.25, 0.3) is 0 Å². The third-order valence-corrected chi connectivity index (χ3v) is 3.30. The van der Waals surface area contributed by atoms with E-state index in [0.29, 0.717) is 12.6 Å². The lowest BCUT2D eigenvalue weighted by molar-refractivity contribution is 0.0880. The zero-order chi connectivity index (χ0) is 13.8. The lowest BCUT2D eigenvalue weighted by Gasteiger charge is -2.18. The maximum absolute atomic E-state index is 5.92. The molecule has 4 nitrogen and oxygen atoms in total. The fraction of sp³-hybridized carbons (Fsp3) is 0.667. The maximum Gasteiger partial charge on any atom is 0.218 e. The highest BCUT2D eigenvalue weighted by Gasteiger charge is 2.22. The molecule has 1 aromatic rings. The van der Waals surface area contributed by atoms with Crippen molar-refractivity contribution in [2.75, 3.05) is 13.7 Å². The fourth-order valence-electron chi connectivity index (χ4n) is 2.13. The van der Waals surface area contributed by atoms with Gasteiger partial charge in [-0.2, -0.15) is 0 Å². The monoisotopic (exact) mass is 264 g/mol. The van der Waals surface area contributed by atoms with Crippen LogP contribution in [0.2, 0.25) is 0 Å². The Morgan fingerprint density at radius 1 is 1.42 bits per heavy atom. The predicted octanol–water partition coefficient (Wildman–Crippen LogP) is 2.36. The van der Waals surface area contributed by atoms with Gasteiger partial charge in [-0.1, -0.05) is 0 Å². The van der Waals surface area contributed by atoms with Crippen molar-refractivity contribution in [1.29, 1.82) is 0 Å². The van der Waals surface area contributed by atoms with Crippen LogP contribution in [-0.4, -0.2) is 30.8 Å². The van der Waals surface area contributed by atoms with Gasteiger partial charge in [-0.25, -0.2) is 4.98 Å². The molecule has 0 aromatic carbocycles. The van der Waals surface area contributed by atoms with Crippen LogP contribution in [0, 0.1) is 13.8 Å². The second kappa shape index (κ2) is 6.35. The molecule has 106 valence electrons. The molecule has 1 aliphatic rings. The Hall–Kier alpha value is -1.13. The maximum atomic E-state index is 5.92. The Bertz CT molecular complexity index is 430. The molecule has 0 amide bonds. The lowest BCUT2D eigenvalue weighted by atomic mass is 10.1. The van der Waals surface area contributed by atoms with E-state index >= 15 is 0 Å². The molecule has 1 aromatic heterocycles. The van der Waals surface area contributed by atoms with Crippen molar-refractivity contribution in [3.05, 3.63) is 22.9 Å². The summed E-state index contributed by atoms with van der Waals surface area (Å²) < 4.78 is 11.0. The van der Waals surface area contributed by atoms with Crippen LogP contribution >= 0.6 is 0 Å². The number of aryl methyl sites for hydroxylation is 2. The van der Waals surface area contributed by atoms with Crippen LogP contribution in [0.3, 0.4) is 0 Å². The molecule has 1 aliphatic carbocycles. The third kappa shape index (κ3) is 4.18. The average molecular weight is 264 g/mol. The van der Waals surface area contributed by atoms with Gasteiger partial charge in [0.25, 0.3) is 0 Å². The highest BCUT2D eigenvalue weighted by atomic mass is 16.5. The van der Waals surface area contributed by atoms with E-state index in [2.05, 4.69) is 23.3 Å². The molecular formula is C15H24N2O2. The van der Waals surface area contributed by atoms with Crippen molar-refractivity contribution >= 4 is 0 Å². The van der Waals surface area contributed by atoms with Gasteiger partial charge in [-0.05, 0) is 45.2 Å². The lowest BCUT2D eigenvalue weighted by Crippen LogP contribution is -2.22. The van der Waals surface area contributed by atoms with Gasteiger partial charge in [-0.3, -0.25) is 0 Å². The first kappa shape index (κ1) is 14.3. The van der Waals surface area contributed by atoms with Gasteiger partial charge in [0.05, 0.1) is 6.61 Å². The standard InChI is InChI=1S/C15H24N2O2/c1-10-7-11(2)17-15(19-12(3)9-18-4)14(10)8-16-13-5-6-13/h7,12-13,16H,5-6,8-9H2,1-4H3. The van der Waals surface area contributed by atoms with E-state index in [0.717, 1.165) is 18.1 Å². The van der Waals surface area contributed by atoms with Gasteiger partial charge < -0.3 is 14.8 Å². The summed E-state index contributed by atoms with van der Waals surface area (Å²) in [6, 6.07) is 2.79. The summed E-state index contributed by atoms with van der Waals surface area (Å²) in [7, 11) is 1.68. The highest BCUT2D eigenvalue weighted by molar-refractivity contribution is 5.36. The number of methoxy groups -OCH3 is 1. The van der Waals surface area contributed by atoms with Crippen LogP contribution in [0.15, 0.2) is 6.07 Å².